The molecule has 140 valence electrons. The summed E-state index contributed by atoms with van der Waals surface area (Å²) < 4.78 is 5.77. The number of thiazole rings is 1. The fraction of sp³-hybridized carbons (Fsp3) is 0.238. The van der Waals surface area contributed by atoms with Crippen LogP contribution in [0.15, 0.2) is 47.8 Å². The van der Waals surface area contributed by atoms with E-state index >= 15 is 0 Å². The van der Waals surface area contributed by atoms with Crippen molar-refractivity contribution in [3.63, 3.8) is 0 Å². The van der Waals surface area contributed by atoms with Gasteiger partial charge >= 0.3 is 0 Å². The Bertz CT molecular complexity index is 917. The normalized spacial score (nSPS) is 11.9. The molecule has 1 heterocycles. The van der Waals surface area contributed by atoms with Gasteiger partial charge in [-0.3, -0.25) is 4.79 Å². The summed E-state index contributed by atoms with van der Waals surface area (Å²) in [5.74, 6) is 0.451. The van der Waals surface area contributed by atoms with Gasteiger partial charge in [0.2, 0.25) is 0 Å². The van der Waals surface area contributed by atoms with Crippen molar-refractivity contribution in [3.05, 3.63) is 69.7 Å². The van der Waals surface area contributed by atoms with Crippen molar-refractivity contribution >= 4 is 28.8 Å². The molecule has 0 spiro atoms. The largest absolute Gasteiger partial charge is 0.481 e. The highest BCUT2D eigenvalue weighted by Gasteiger charge is 2.16. The van der Waals surface area contributed by atoms with Gasteiger partial charge in [-0.15, -0.1) is 11.3 Å². The van der Waals surface area contributed by atoms with Crippen LogP contribution in [0, 0.1) is 13.8 Å². The number of benzene rings is 2. The number of amides is 1. The van der Waals surface area contributed by atoms with Crippen molar-refractivity contribution in [3.8, 4) is 16.3 Å². The molecule has 4 nitrogen and oxygen atoms in total. The second kappa shape index (κ2) is 8.55. The first-order valence-electron chi connectivity index (χ1n) is 8.65. The van der Waals surface area contributed by atoms with Crippen LogP contribution in [-0.4, -0.2) is 17.0 Å². The van der Waals surface area contributed by atoms with Crippen LogP contribution in [0.2, 0.25) is 5.02 Å². The van der Waals surface area contributed by atoms with Gasteiger partial charge in [0.25, 0.3) is 5.91 Å². The molecule has 0 aliphatic carbocycles. The number of carbonyl (C=O) groups is 1. The lowest BCUT2D eigenvalue weighted by molar-refractivity contribution is -0.127. The molecule has 1 N–H and O–H groups in total. The van der Waals surface area contributed by atoms with E-state index in [0.29, 0.717) is 12.3 Å². The minimum atomic E-state index is -0.614. The van der Waals surface area contributed by atoms with Gasteiger partial charge in [-0.1, -0.05) is 41.9 Å². The lowest BCUT2D eigenvalue weighted by atomic mass is 10.1. The Balaban J connectivity index is 1.57. The maximum absolute atomic E-state index is 12.3. The molecular weight excluding hydrogens is 380 g/mol. The summed E-state index contributed by atoms with van der Waals surface area (Å²) in [5.41, 5.74) is 3.76. The fourth-order valence-corrected chi connectivity index (χ4v) is 3.59. The molecule has 1 aromatic heterocycles. The van der Waals surface area contributed by atoms with Crippen molar-refractivity contribution < 1.29 is 9.53 Å². The van der Waals surface area contributed by atoms with E-state index in [9.17, 15) is 4.79 Å². The topological polar surface area (TPSA) is 51.2 Å². The van der Waals surface area contributed by atoms with Crippen molar-refractivity contribution in [2.75, 3.05) is 0 Å². The second-order valence-electron chi connectivity index (χ2n) is 6.36. The summed E-state index contributed by atoms with van der Waals surface area (Å²) in [6.45, 7) is 5.93. The van der Waals surface area contributed by atoms with Crippen LogP contribution in [0.4, 0.5) is 0 Å². The van der Waals surface area contributed by atoms with Crippen molar-refractivity contribution in [2.45, 2.75) is 33.4 Å². The number of rotatable bonds is 6. The predicted molar refractivity (Wildman–Crippen MR) is 110 cm³/mol. The molecule has 0 radical (unpaired) electrons. The summed E-state index contributed by atoms with van der Waals surface area (Å²) in [4.78, 5) is 16.9. The first kappa shape index (κ1) is 19.4. The van der Waals surface area contributed by atoms with Crippen LogP contribution in [0.1, 0.15) is 23.7 Å². The minimum Gasteiger partial charge on any atom is -0.481 e. The number of nitrogens with one attached hydrogen (secondary N) is 1. The van der Waals surface area contributed by atoms with E-state index in [2.05, 4.69) is 10.3 Å². The van der Waals surface area contributed by atoms with E-state index in [4.69, 9.17) is 16.3 Å². The molecule has 0 saturated heterocycles. The molecule has 0 fully saturated rings. The third-order valence-corrected chi connectivity index (χ3v) is 5.64. The Morgan fingerprint density at radius 2 is 1.89 bits per heavy atom. The smallest absolute Gasteiger partial charge is 0.261 e. The minimum absolute atomic E-state index is 0.186. The molecule has 27 heavy (non-hydrogen) atoms. The number of carbonyl (C=O) groups excluding carboxylic acids is 1. The third-order valence-electron chi connectivity index (χ3n) is 4.11. The monoisotopic (exact) mass is 400 g/mol. The van der Waals surface area contributed by atoms with Gasteiger partial charge in [-0.25, -0.2) is 4.98 Å². The van der Waals surface area contributed by atoms with Crippen molar-refractivity contribution in [2.24, 2.45) is 0 Å². The number of nitrogens with zero attached hydrogens (tertiary/aromatic N) is 1. The molecule has 0 aliphatic heterocycles. The maximum Gasteiger partial charge on any atom is 0.261 e. The molecule has 6 heteroatoms. The van der Waals surface area contributed by atoms with E-state index in [0.717, 1.165) is 32.4 Å². The lowest BCUT2D eigenvalue weighted by Crippen LogP contribution is -2.36. The van der Waals surface area contributed by atoms with Crippen LogP contribution in [-0.2, 0) is 11.3 Å². The standard InChI is InChI=1S/C21H21ClN2O2S/c1-13-9-18(10-14(2)19(13)22)26-15(3)20(25)23-11-17-12-27-21(24-17)16-7-5-4-6-8-16/h4-10,12,15H,11H2,1-3H3,(H,23,25)/t15-/m1/s1. The highest BCUT2D eigenvalue weighted by molar-refractivity contribution is 7.13. The van der Waals surface area contributed by atoms with Gasteiger partial charge in [-0.2, -0.15) is 0 Å². The van der Waals surface area contributed by atoms with Crippen LogP contribution in [0.5, 0.6) is 5.75 Å². The lowest BCUT2D eigenvalue weighted by Gasteiger charge is -2.16. The van der Waals surface area contributed by atoms with Gasteiger partial charge in [-0.05, 0) is 44.0 Å². The summed E-state index contributed by atoms with van der Waals surface area (Å²) in [5, 5.41) is 6.50. The van der Waals surface area contributed by atoms with Gasteiger partial charge in [0.15, 0.2) is 6.10 Å². The SMILES string of the molecule is Cc1cc(O[C@H](C)C(=O)NCc2csc(-c3ccccc3)n2)cc(C)c1Cl. The maximum atomic E-state index is 12.3. The number of halogens is 1. The zero-order valence-electron chi connectivity index (χ0n) is 15.5. The first-order valence-corrected chi connectivity index (χ1v) is 9.90. The molecule has 0 aliphatic rings. The average molecular weight is 401 g/mol. The van der Waals surface area contributed by atoms with Crippen LogP contribution >= 0.6 is 22.9 Å². The zero-order valence-corrected chi connectivity index (χ0v) is 17.0. The molecular formula is C21H21ClN2O2S. The summed E-state index contributed by atoms with van der Waals surface area (Å²) in [6, 6.07) is 13.7. The zero-order chi connectivity index (χ0) is 19.4. The van der Waals surface area contributed by atoms with E-state index in [1.54, 1.807) is 18.3 Å². The Morgan fingerprint density at radius 1 is 1.22 bits per heavy atom. The molecule has 3 aromatic rings. The Labute approximate surface area is 168 Å². The van der Waals surface area contributed by atoms with Gasteiger partial charge in [0.05, 0.1) is 12.2 Å². The number of hydrogen-bond acceptors (Lipinski definition) is 4. The fourth-order valence-electron chi connectivity index (χ4n) is 2.65. The van der Waals surface area contributed by atoms with Gasteiger partial charge in [0, 0.05) is 16.0 Å². The van der Waals surface area contributed by atoms with Crippen LogP contribution in [0.25, 0.3) is 10.6 Å². The van der Waals surface area contributed by atoms with E-state index in [1.165, 1.54) is 0 Å². The molecule has 0 saturated carbocycles. The number of hydrogen-bond donors (Lipinski definition) is 1. The van der Waals surface area contributed by atoms with E-state index in [1.807, 2.05) is 61.7 Å². The van der Waals surface area contributed by atoms with Crippen molar-refractivity contribution in [1.82, 2.24) is 10.3 Å². The van der Waals surface area contributed by atoms with E-state index in [-0.39, 0.29) is 5.91 Å². The Hall–Kier alpha value is -2.37. The molecule has 0 bridgehead atoms. The number of ether oxygens (including phenoxy) is 1. The molecule has 3 rings (SSSR count). The third kappa shape index (κ3) is 4.87. The molecule has 0 unspecified atom stereocenters. The van der Waals surface area contributed by atoms with Crippen LogP contribution in [0.3, 0.4) is 0 Å². The summed E-state index contributed by atoms with van der Waals surface area (Å²) >= 11 is 7.74. The predicted octanol–water partition coefficient (Wildman–Crippen LogP) is 5.16. The molecule has 1 atom stereocenters. The Morgan fingerprint density at radius 3 is 2.56 bits per heavy atom. The average Bonchev–Trinajstić information content (AvgIpc) is 3.14. The Kier molecular flexibility index (Phi) is 6.14. The van der Waals surface area contributed by atoms with Crippen LogP contribution < -0.4 is 10.1 Å². The highest BCUT2D eigenvalue weighted by atomic mass is 35.5. The van der Waals surface area contributed by atoms with E-state index < -0.39 is 6.10 Å². The summed E-state index contributed by atoms with van der Waals surface area (Å²) in [6.07, 6.45) is -0.614. The number of aryl methyl sites for hydroxylation is 2. The molecule has 1 amide bonds. The van der Waals surface area contributed by atoms with Gasteiger partial charge < -0.3 is 10.1 Å². The summed E-state index contributed by atoms with van der Waals surface area (Å²) in [7, 11) is 0. The second-order valence-corrected chi connectivity index (χ2v) is 7.60. The van der Waals surface area contributed by atoms with Gasteiger partial charge in [0.1, 0.15) is 10.8 Å². The van der Waals surface area contributed by atoms with Crippen molar-refractivity contribution in [1.29, 1.82) is 0 Å². The quantitative estimate of drug-likeness (QED) is 0.621. The first-order chi connectivity index (χ1) is 12.9. The highest BCUT2D eigenvalue weighted by Crippen LogP contribution is 2.26. The molecule has 2 aromatic carbocycles. The number of aromatic nitrogens is 1.